The molecule has 154 valence electrons. The van der Waals surface area contributed by atoms with Gasteiger partial charge in [-0.05, 0) is 55.2 Å². The number of rotatable bonds is 4. The molecule has 0 aliphatic heterocycles. The van der Waals surface area contributed by atoms with Crippen molar-refractivity contribution in [2.45, 2.75) is 27.2 Å². The Labute approximate surface area is 183 Å². The molecule has 0 bridgehead atoms. The van der Waals surface area contributed by atoms with Gasteiger partial charge in [-0.1, -0.05) is 67.6 Å². The van der Waals surface area contributed by atoms with E-state index in [0.29, 0.717) is 0 Å². The minimum atomic E-state index is 1.01. The van der Waals surface area contributed by atoms with Crippen molar-refractivity contribution in [3.63, 3.8) is 0 Å². The van der Waals surface area contributed by atoms with Gasteiger partial charge in [0.15, 0.2) is 0 Å². The molecule has 2 nitrogen and oxygen atoms in total. The summed E-state index contributed by atoms with van der Waals surface area (Å²) in [5, 5.41) is 3.92. The fourth-order valence-electron chi connectivity index (χ4n) is 4.95. The van der Waals surface area contributed by atoms with Crippen LogP contribution in [-0.2, 0) is 13.5 Å². The van der Waals surface area contributed by atoms with Gasteiger partial charge in [-0.3, -0.25) is 0 Å². The van der Waals surface area contributed by atoms with Gasteiger partial charge in [0.25, 0.3) is 0 Å². The van der Waals surface area contributed by atoms with E-state index in [1.807, 2.05) is 6.92 Å². The molecule has 0 saturated carbocycles. The summed E-state index contributed by atoms with van der Waals surface area (Å²) in [6, 6.07) is 19.9. The Morgan fingerprint density at radius 3 is 2.58 bits per heavy atom. The van der Waals surface area contributed by atoms with Crippen molar-refractivity contribution in [3.8, 4) is 11.3 Å². The van der Waals surface area contributed by atoms with Crippen LogP contribution in [0, 0.1) is 6.92 Å². The summed E-state index contributed by atoms with van der Waals surface area (Å²) in [5.41, 5.74) is 10.3. The normalized spacial score (nSPS) is 12.4. The molecule has 0 spiro atoms. The molecule has 0 radical (unpaired) electrons. The van der Waals surface area contributed by atoms with Crippen LogP contribution in [0.1, 0.15) is 30.5 Å². The van der Waals surface area contributed by atoms with Crippen LogP contribution in [0.4, 0.5) is 0 Å². The molecule has 0 saturated heterocycles. The summed E-state index contributed by atoms with van der Waals surface area (Å²) < 4.78 is 2.40. The number of hydrogen-bond acceptors (Lipinski definition) is 0. The average Bonchev–Trinajstić information content (AvgIpc) is 3.28. The minimum Gasteiger partial charge on any atom is -0.354 e. The van der Waals surface area contributed by atoms with Crippen LogP contribution in [0.25, 0.3) is 50.0 Å². The number of nitrogens with zero attached hydrogens (tertiary/aromatic N) is 1. The number of H-pyrrole nitrogens is 1. The van der Waals surface area contributed by atoms with Crippen LogP contribution >= 0.6 is 0 Å². The molecule has 1 N–H and O–H groups in total. The van der Waals surface area contributed by atoms with Crippen molar-refractivity contribution in [2.24, 2.45) is 7.05 Å². The van der Waals surface area contributed by atoms with E-state index in [9.17, 15) is 0 Å². The number of nitrogens with one attached hydrogen (secondary N) is 1. The van der Waals surface area contributed by atoms with Crippen molar-refractivity contribution < 1.29 is 0 Å². The van der Waals surface area contributed by atoms with E-state index in [4.69, 9.17) is 0 Å². The number of hydrogen-bond donors (Lipinski definition) is 1. The Morgan fingerprint density at radius 2 is 1.77 bits per heavy atom. The number of aryl methyl sites for hydroxylation is 3. The average molecular weight is 405 g/mol. The van der Waals surface area contributed by atoms with Crippen LogP contribution in [0.15, 0.2) is 72.8 Å². The number of benzene rings is 3. The predicted octanol–water partition coefficient (Wildman–Crippen LogP) is 7.94. The molecule has 3 aromatic carbocycles. The lowest BCUT2D eigenvalue weighted by molar-refractivity contribution is 0.971. The molecular weight excluding hydrogens is 376 g/mol. The monoisotopic (exact) mass is 404 g/mol. The van der Waals surface area contributed by atoms with Crippen LogP contribution in [0.5, 0.6) is 0 Å². The number of aromatic amines is 1. The highest BCUT2D eigenvalue weighted by atomic mass is 15.0. The molecule has 0 unspecified atom stereocenters. The smallest absolute Gasteiger partial charge is 0.0586 e. The van der Waals surface area contributed by atoms with Gasteiger partial charge in [-0.2, -0.15) is 0 Å². The largest absolute Gasteiger partial charge is 0.354 e. The zero-order chi connectivity index (χ0) is 21.5. The Balaban J connectivity index is 1.84. The summed E-state index contributed by atoms with van der Waals surface area (Å²) in [6.45, 7) is 6.55. The fraction of sp³-hybridized carbons (Fsp3) is 0.172. The fourth-order valence-corrected chi connectivity index (χ4v) is 4.95. The van der Waals surface area contributed by atoms with Gasteiger partial charge < -0.3 is 9.55 Å². The zero-order valence-corrected chi connectivity index (χ0v) is 18.7. The van der Waals surface area contributed by atoms with E-state index in [1.54, 1.807) is 0 Å². The molecule has 2 aromatic heterocycles. The predicted molar refractivity (Wildman–Crippen MR) is 136 cm³/mol. The molecule has 0 atom stereocenters. The van der Waals surface area contributed by atoms with Gasteiger partial charge in [-0.15, -0.1) is 0 Å². The molecule has 5 rings (SSSR count). The Kier molecular flexibility index (Phi) is 4.78. The first-order valence-corrected chi connectivity index (χ1v) is 11.0. The standard InChI is InChI=1S/C29H28N2/c1-5-7-8-11-20-14-15-21(6-2)24(18-20)28-19(3)22-16-17-26-27(29(22)31(28)4)23-12-9-10-13-25(23)30-26/h5,7-18,30H,6H2,1-4H3/b7-5-,11-8-. The molecule has 2 heterocycles. The van der Waals surface area contributed by atoms with Gasteiger partial charge in [0, 0.05) is 39.8 Å². The lowest BCUT2D eigenvalue weighted by Crippen LogP contribution is -1.97. The second-order valence-corrected chi connectivity index (χ2v) is 8.24. The van der Waals surface area contributed by atoms with Gasteiger partial charge in [-0.25, -0.2) is 0 Å². The van der Waals surface area contributed by atoms with E-state index in [-0.39, 0.29) is 0 Å². The summed E-state index contributed by atoms with van der Waals surface area (Å²) in [5.74, 6) is 0. The van der Waals surface area contributed by atoms with Gasteiger partial charge in [0.1, 0.15) is 0 Å². The van der Waals surface area contributed by atoms with Gasteiger partial charge in [0.05, 0.1) is 11.2 Å². The maximum Gasteiger partial charge on any atom is 0.0586 e. The topological polar surface area (TPSA) is 20.7 Å². The van der Waals surface area contributed by atoms with Crippen molar-refractivity contribution in [1.29, 1.82) is 0 Å². The van der Waals surface area contributed by atoms with E-state index in [1.165, 1.54) is 60.7 Å². The van der Waals surface area contributed by atoms with Crippen molar-refractivity contribution in [3.05, 3.63) is 89.5 Å². The summed E-state index contributed by atoms with van der Waals surface area (Å²) >= 11 is 0. The molecule has 0 amide bonds. The highest BCUT2D eigenvalue weighted by Gasteiger charge is 2.19. The molecule has 0 aliphatic rings. The number of para-hydroxylation sites is 1. The van der Waals surface area contributed by atoms with E-state index < -0.39 is 0 Å². The third-order valence-corrected chi connectivity index (χ3v) is 6.44. The van der Waals surface area contributed by atoms with Gasteiger partial charge >= 0.3 is 0 Å². The first-order valence-electron chi connectivity index (χ1n) is 11.0. The van der Waals surface area contributed by atoms with Crippen molar-refractivity contribution >= 4 is 38.8 Å². The summed E-state index contributed by atoms with van der Waals surface area (Å²) in [4.78, 5) is 3.60. The van der Waals surface area contributed by atoms with Crippen LogP contribution < -0.4 is 0 Å². The first-order chi connectivity index (χ1) is 15.1. The number of allylic oxidation sites excluding steroid dienone is 3. The molecule has 0 aliphatic carbocycles. The first kappa shape index (κ1) is 19.4. The van der Waals surface area contributed by atoms with E-state index >= 15 is 0 Å². The van der Waals surface area contributed by atoms with Crippen LogP contribution in [0.3, 0.4) is 0 Å². The second-order valence-electron chi connectivity index (χ2n) is 8.24. The molecule has 0 fully saturated rings. The number of fused-ring (bicyclic) bond motifs is 5. The second kappa shape index (κ2) is 7.63. The molecule has 2 heteroatoms. The Bertz CT molecular complexity index is 1490. The number of aromatic nitrogens is 2. The Hall–Kier alpha value is -3.52. The van der Waals surface area contributed by atoms with Crippen LogP contribution in [-0.4, -0.2) is 9.55 Å². The molecular formula is C29H28N2. The highest BCUT2D eigenvalue weighted by molar-refractivity contribution is 6.20. The van der Waals surface area contributed by atoms with E-state index in [0.717, 1.165) is 6.42 Å². The zero-order valence-electron chi connectivity index (χ0n) is 18.7. The minimum absolute atomic E-state index is 1.01. The summed E-state index contributed by atoms with van der Waals surface area (Å²) in [7, 11) is 2.22. The lowest BCUT2D eigenvalue weighted by Gasteiger charge is -2.13. The summed E-state index contributed by atoms with van der Waals surface area (Å²) in [6.07, 6.45) is 9.42. The lowest BCUT2D eigenvalue weighted by atomic mass is 9.96. The van der Waals surface area contributed by atoms with Crippen LogP contribution in [0.2, 0.25) is 0 Å². The molecule has 31 heavy (non-hydrogen) atoms. The van der Waals surface area contributed by atoms with Crippen molar-refractivity contribution in [1.82, 2.24) is 9.55 Å². The quantitative estimate of drug-likeness (QED) is 0.294. The maximum absolute atomic E-state index is 3.60. The van der Waals surface area contributed by atoms with Gasteiger partial charge in [0.2, 0.25) is 0 Å². The van der Waals surface area contributed by atoms with E-state index in [2.05, 4.69) is 109 Å². The third-order valence-electron chi connectivity index (χ3n) is 6.44. The van der Waals surface area contributed by atoms with Crippen molar-refractivity contribution in [2.75, 3.05) is 0 Å². The highest BCUT2D eigenvalue weighted by Crippen LogP contribution is 2.40. The Morgan fingerprint density at radius 1 is 0.935 bits per heavy atom. The maximum atomic E-state index is 3.60. The third kappa shape index (κ3) is 3.02. The molecule has 5 aromatic rings. The SMILES string of the molecule is C/C=C\C=C/c1ccc(CC)c(-c2c(C)c3ccc4[nH]c5ccccc5c4c3n2C)c1.